The molecule has 2 aromatic heterocycles. The van der Waals surface area contributed by atoms with Gasteiger partial charge in [-0.2, -0.15) is 10.2 Å². The van der Waals surface area contributed by atoms with Crippen LogP contribution in [-0.4, -0.2) is 53.8 Å². The van der Waals surface area contributed by atoms with E-state index in [1.54, 1.807) is 18.2 Å². The molecule has 1 aliphatic carbocycles. The van der Waals surface area contributed by atoms with E-state index in [9.17, 15) is 4.79 Å². The van der Waals surface area contributed by atoms with Crippen LogP contribution in [0.2, 0.25) is 5.02 Å². The highest BCUT2D eigenvalue weighted by Crippen LogP contribution is 2.33. The molecule has 1 saturated heterocycles. The molecule has 5 rings (SSSR count). The normalized spacial score (nSPS) is 25.1. The van der Waals surface area contributed by atoms with Crippen molar-refractivity contribution in [3.8, 4) is 17.0 Å². The number of hydrogen-bond donors (Lipinski definition) is 1. The van der Waals surface area contributed by atoms with Crippen molar-refractivity contribution >= 4 is 23.3 Å². The van der Waals surface area contributed by atoms with Crippen LogP contribution in [0.4, 0.5) is 5.82 Å². The topological polar surface area (TPSA) is 89.5 Å². The van der Waals surface area contributed by atoms with Gasteiger partial charge in [-0.15, -0.1) is 0 Å². The van der Waals surface area contributed by atoms with Gasteiger partial charge in [-0.05, 0) is 49.1 Å². The van der Waals surface area contributed by atoms with Gasteiger partial charge in [0.1, 0.15) is 11.6 Å². The van der Waals surface area contributed by atoms with E-state index in [1.807, 2.05) is 0 Å². The minimum Gasteiger partial charge on any atom is -0.492 e. The lowest BCUT2D eigenvalue weighted by atomic mass is 10.1. The third kappa shape index (κ3) is 5.46. The Kier molecular flexibility index (Phi) is 4.54. The Labute approximate surface area is 214 Å². The number of carbonyl (C=O) groups is 1. The molecule has 8 nitrogen and oxygen atoms in total. The average molecular weight is 488 g/mol. The predicted octanol–water partition coefficient (Wildman–Crippen LogP) is 3.75. The Morgan fingerprint density at radius 1 is 1.26 bits per heavy atom. The first kappa shape index (κ1) is 14.9. The van der Waals surface area contributed by atoms with Gasteiger partial charge >= 0.3 is 0 Å². The Morgan fingerprint density at radius 3 is 2.91 bits per heavy atom. The number of benzene rings is 1. The summed E-state index contributed by atoms with van der Waals surface area (Å²) in [6.07, 6.45) is 4.77. The zero-order valence-electron chi connectivity index (χ0n) is 25.9. The predicted molar refractivity (Wildman–Crippen MR) is 129 cm³/mol. The van der Waals surface area contributed by atoms with Gasteiger partial charge in [-0.25, -0.2) is 4.98 Å². The highest BCUT2D eigenvalue weighted by atomic mass is 35.5. The van der Waals surface area contributed by atoms with E-state index in [0.717, 1.165) is 12.8 Å². The van der Waals surface area contributed by atoms with Gasteiger partial charge in [0, 0.05) is 36.9 Å². The van der Waals surface area contributed by atoms with Crippen LogP contribution in [-0.2, 0) is 11.3 Å². The van der Waals surface area contributed by atoms with E-state index < -0.39 is 37.8 Å². The summed E-state index contributed by atoms with van der Waals surface area (Å²) >= 11 is 6.39. The number of halogens is 1. The van der Waals surface area contributed by atoms with Crippen LogP contribution in [0.25, 0.3) is 11.3 Å². The number of amides is 1. The van der Waals surface area contributed by atoms with Gasteiger partial charge < -0.3 is 19.7 Å². The highest BCUT2D eigenvalue weighted by molar-refractivity contribution is 6.32. The quantitative estimate of drug-likeness (QED) is 0.517. The summed E-state index contributed by atoms with van der Waals surface area (Å²) < 4.78 is 75.3. The third-order valence-electron chi connectivity index (χ3n) is 5.25. The molecule has 0 spiro atoms. The van der Waals surface area contributed by atoms with Crippen molar-refractivity contribution in [3.63, 3.8) is 0 Å². The van der Waals surface area contributed by atoms with Crippen molar-refractivity contribution in [2.24, 2.45) is 5.92 Å². The van der Waals surface area contributed by atoms with Gasteiger partial charge in [0.25, 0.3) is 5.91 Å². The highest BCUT2D eigenvalue weighted by Gasteiger charge is 2.22. The molecule has 1 aromatic carbocycles. The maximum absolute atomic E-state index is 13.1. The zero-order chi connectivity index (χ0) is 30.5. The first-order valence-corrected chi connectivity index (χ1v) is 11.0. The number of aromatic nitrogens is 3. The van der Waals surface area contributed by atoms with Crippen molar-refractivity contribution in [1.29, 1.82) is 0 Å². The fourth-order valence-electron chi connectivity index (χ4n) is 3.24. The minimum atomic E-state index is -3.25. The fraction of sp³-hybridized carbons (Fsp3) is 0.360. The molecule has 0 bridgehead atoms. The van der Waals surface area contributed by atoms with Crippen molar-refractivity contribution in [3.05, 3.63) is 64.9 Å². The van der Waals surface area contributed by atoms with E-state index in [4.69, 9.17) is 27.3 Å². The molecule has 176 valence electrons. The Bertz CT molecular complexity index is 1480. The smallest absolute Gasteiger partial charge is 0.253 e. The van der Waals surface area contributed by atoms with E-state index in [2.05, 4.69) is 25.2 Å². The Balaban J connectivity index is 1.35. The summed E-state index contributed by atoms with van der Waals surface area (Å²) in [4.78, 5) is 17.4. The van der Waals surface area contributed by atoms with Crippen molar-refractivity contribution < 1.29 is 25.2 Å². The summed E-state index contributed by atoms with van der Waals surface area (Å²) in [5.41, 5.74) is 1.22. The standard InChI is InChI=1S/C25H26ClN5O3/c26-21-12-18(5-6-23(21)34-16-17-3-4-17)22-13-20(15-29-30-22)25(32)28-14-19-2-1-7-27-24(19)31-8-10-33-11-9-31/h1-2,5-7,12-13,15,17H,3-4,8-11,14,16H2,(H,28,32)/i8D2,9D2,10D2,11D2. The number of pyridine rings is 1. The van der Waals surface area contributed by atoms with E-state index in [-0.39, 0.29) is 22.6 Å². The van der Waals surface area contributed by atoms with E-state index >= 15 is 0 Å². The zero-order valence-corrected chi connectivity index (χ0v) is 18.7. The molecule has 9 heteroatoms. The van der Waals surface area contributed by atoms with Gasteiger partial charge in [-0.3, -0.25) is 4.79 Å². The largest absolute Gasteiger partial charge is 0.492 e. The van der Waals surface area contributed by atoms with E-state index in [0.29, 0.717) is 34.6 Å². The Morgan fingerprint density at radius 2 is 2.12 bits per heavy atom. The molecule has 0 radical (unpaired) electrons. The summed E-state index contributed by atoms with van der Waals surface area (Å²) in [5, 5.41) is 11.0. The van der Waals surface area contributed by atoms with Crippen LogP contribution in [0.5, 0.6) is 5.75 Å². The van der Waals surface area contributed by atoms with E-state index in [1.165, 1.54) is 30.6 Å². The number of nitrogens with zero attached hydrogens (tertiary/aromatic N) is 4. The summed E-state index contributed by atoms with van der Waals surface area (Å²) in [6, 6.07) is 9.55. The van der Waals surface area contributed by atoms with Gasteiger partial charge in [0.2, 0.25) is 0 Å². The van der Waals surface area contributed by atoms with Crippen LogP contribution in [0.3, 0.4) is 0 Å². The maximum atomic E-state index is 13.1. The maximum Gasteiger partial charge on any atom is 0.253 e. The molecule has 0 atom stereocenters. The van der Waals surface area contributed by atoms with Crippen LogP contribution in [0.15, 0.2) is 48.8 Å². The van der Waals surface area contributed by atoms with Crippen molar-refractivity contribution in [2.45, 2.75) is 19.4 Å². The molecular formula is C25H26ClN5O3. The van der Waals surface area contributed by atoms with Crippen molar-refractivity contribution in [1.82, 2.24) is 20.5 Å². The van der Waals surface area contributed by atoms with Crippen LogP contribution in [0, 0.1) is 5.92 Å². The molecule has 1 aliphatic heterocycles. The molecular weight excluding hydrogens is 454 g/mol. The number of nitrogens with one attached hydrogen (secondary N) is 1. The molecule has 1 N–H and O–H groups in total. The van der Waals surface area contributed by atoms with Gasteiger partial charge in [-0.1, -0.05) is 17.7 Å². The molecule has 34 heavy (non-hydrogen) atoms. The molecule has 3 aromatic rings. The Hall–Kier alpha value is -3.23. The number of carbonyl (C=O) groups excluding carboxylic acids is 1. The second kappa shape index (κ2) is 10.4. The minimum absolute atomic E-state index is 0.0999. The lowest BCUT2D eigenvalue weighted by molar-refractivity contribution is 0.0950. The van der Waals surface area contributed by atoms with Gasteiger partial charge in [0.15, 0.2) is 0 Å². The molecule has 1 saturated carbocycles. The van der Waals surface area contributed by atoms with Crippen LogP contribution >= 0.6 is 11.6 Å². The second-order valence-electron chi connectivity index (χ2n) is 7.76. The number of morpholine rings is 1. The number of hydrogen-bond acceptors (Lipinski definition) is 7. The van der Waals surface area contributed by atoms with Crippen molar-refractivity contribution in [2.75, 3.05) is 37.6 Å². The van der Waals surface area contributed by atoms with Crippen LogP contribution in [0.1, 0.15) is 39.7 Å². The van der Waals surface area contributed by atoms with Crippen LogP contribution < -0.4 is 15.0 Å². The number of anilines is 1. The van der Waals surface area contributed by atoms with Gasteiger partial charge in [0.05, 0.1) is 53.2 Å². The fourth-order valence-corrected chi connectivity index (χ4v) is 3.48. The summed E-state index contributed by atoms with van der Waals surface area (Å²) in [6.45, 7) is -12.5. The molecule has 3 heterocycles. The molecule has 2 aliphatic rings. The lowest BCUT2D eigenvalue weighted by Gasteiger charge is -2.29. The molecule has 1 amide bonds. The lowest BCUT2D eigenvalue weighted by Crippen LogP contribution is -2.37. The third-order valence-corrected chi connectivity index (χ3v) is 5.55. The number of ether oxygens (including phenoxy) is 2. The summed E-state index contributed by atoms with van der Waals surface area (Å²) in [7, 11) is 0. The molecule has 2 fully saturated rings. The molecule has 0 unspecified atom stereocenters. The number of rotatable bonds is 8. The monoisotopic (exact) mass is 487 g/mol. The summed E-state index contributed by atoms with van der Waals surface area (Å²) in [5.74, 6) is 0.122. The average Bonchev–Trinajstić information content (AvgIpc) is 3.75. The first-order valence-electron chi connectivity index (χ1n) is 14.6. The SMILES string of the molecule is [2H]C1([2H])OC([2H])([2H])C([2H])([2H])N(c2ncccc2CNC(=O)c2cnnc(-c3ccc(OCC4CC4)c(Cl)c3)c2)C1([2H])[2H]. The first-order chi connectivity index (χ1) is 19.6. The second-order valence-corrected chi connectivity index (χ2v) is 8.17.